The van der Waals surface area contributed by atoms with Gasteiger partial charge in [-0.25, -0.2) is 4.98 Å². The number of hydrogen-bond donors (Lipinski definition) is 1. The molecule has 0 aliphatic carbocycles. The van der Waals surface area contributed by atoms with Crippen molar-refractivity contribution in [2.24, 2.45) is 0 Å². The van der Waals surface area contributed by atoms with Crippen molar-refractivity contribution in [3.63, 3.8) is 0 Å². The molecule has 1 saturated heterocycles. The minimum Gasteiger partial charge on any atom is -0.386 e. The van der Waals surface area contributed by atoms with Crippen molar-refractivity contribution in [3.05, 3.63) is 23.9 Å². The fourth-order valence-corrected chi connectivity index (χ4v) is 2.92. The number of pyridine rings is 1. The fourth-order valence-electron chi connectivity index (χ4n) is 2.92. The summed E-state index contributed by atoms with van der Waals surface area (Å²) in [5.74, 6) is 0.980. The summed E-state index contributed by atoms with van der Waals surface area (Å²) in [4.78, 5) is 9.10. The van der Waals surface area contributed by atoms with E-state index in [1.165, 1.54) is 0 Å². The zero-order chi connectivity index (χ0) is 12.0. The Morgan fingerprint density at radius 2 is 2.24 bits per heavy atom. The van der Waals surface area contributed by atoms with E-state index in [-0.39, 0.29) is 12.1 Å². The van der Waals surface area contributed by atoms with Crippen molar-refractivity contribution >= 4 is 5.82 Å². The second-order valence-electron chi connectivity index (χ2n) is 5.21. The second-order valence-corrected chi connectivity index (χ2v) is 5.21. The van der Waals surface area contributed by atoms with Crippen LogP contribution < -0.4 is 4.90 Å². The van der Waals surface area contributed by atoms with Gasteiger partial charge < -0.3 is 10.0 Å². The first-order chi connectivity index (χ1) is 8.18. The number of aromatic nitrogens is 1. The Hall–Kier alpha value is -1.13. The average Bonchev–Trinajstić information content (AvgIpc) is 2.64. The van der Waals surface area contributed by atoms with Gasteiger partial charge in [-0.05, 0) is 19.9 Å². The predicted molar refractivity (Wildman–Crippen MR) is 67.0 cm³/mol. The highest BCUT2D eigenvalue weighted by atomic mass is 16.3. The number of anilines is 1. The van der Waals surface area contributed by atoms with Gasteiger partial charge >= 0.3 is 0 Å². The van der Waals surface area contributed by atoms with Crippen molar-refractivity contribution in [2.45, 2.75) is 32.0 Å². The van der Waals surface area contributed by atoms with Crippen LogP contribution in [0, 0.1) is 0 Å². The summed E-state index contributed by atoms with van der Waals surface area (Å²) in [6.07, 6.45) is 1.42. The Balaban J connectivity index is 1.89. The molecule has 0 bridgehead atoms. The largest absolute Gasteiger partial charge is 0.386 e. The van der Waals surface area contributed by atoms with Crippen LogP contribution in [0.1, 0.15) is 25.5 Å². The molecule has 0 amide bonds. The van der Waals surface area contributed by atoms with E-state index in [1.807, 2.05) is 18.3 Å². The summed E-state index contributed by atoms with van der Waals surface area (Å²) >= 11 is 0. The maximum absolute atomic E-state index is 10.4. The topological polar surface area (TPSA) is 39.6 Å². The number of hydrogen-bond acceptors (Lipinski definition) is 4. The SMILES string of the molecule is CC(C)N1CCN2c3ncccc3C(O)C2C1. The summed E-state index contributed by atoms with van der Waals surface area (Å²) in [5.41, 5.74) is 0.989. The van der Waals surface area contributed by atoms with Gasteiger partial charge in [0.25, 0.3) is 0 Å². The molecule has 4 heteroatoms. The molecular weight excluding hydrogens is 214 g/mol. The van der Waals surface area contributed by atoms with Crippen LogP contribution in [-0.4, -0.2) is 46.7 Å². The van der Waals surface area contributed by atoms with Gasteiger partial charge in [0, 0.05) is 37.4 Å². The summed E-state index contributed by atoms with van der Waals surface area (Å²) in [6.45, 7) is 7.36. The zero-order valence-electron chi connectivity index (χ0n) is 10.4. The molecule has 92 valence electrons. The van der Waals surface area contributed by atoms with Crippen LogP contribution in [0.25, 0.3) is 0 Å². The highest BCUT2D eigenvalue weighted by molar-refractivity contribution is 5.56. The van der Waals surface area contributed by atoms with Crippen molar-refractivity contribution in [3.8, 4) is 0 Å². The first kappa shape index (κ1) is 11.0. The Morgan fingerprint density at radius 3 is 3.00 bits per heavy atom. The van der Waals surface area contributed by atoms with E-state index in [2.05, 4.69) is 28.6 Å². The molecule has 2 unspecified atom stereocenters. The average molecular weight is 233 g/mol. The van der Waals surface area contributed by atoms with Crippen molar-refractivity contribution < 1.29 is 5.11 Å². The van der Waals surface area contributed by atoms with Gasteiger partial charge in [-0.2, -0.15) is 0 Å². The number of aliphatic hydroxyl groups excluding tert-OH is 1. The quantitative estimate of drug-likeness (QED) is 0.786. The lowest BCUT2D eigenvalue weighted by atomic mass is 10.1. The Bertz CT molecular complexity index is 421. The minimum absolute atomic E-state index is 0.177. The van der Waals surface area contributed by atoms with Crippen molar-refractivity contribution in [2.75, 3.05) is 24.5 Å². The third kappa shape index (κ3) is 1.63. The van der Waals surface area contributed by atoms with Crippen LogP contribution in [0.4, 0.5) is 5.82 Å². The smallest absolute Gasteiger partial charge is 0.134 e. The third-order valence-corrected chi connectivity index (χ3v) is 3.95. The Kier molecular flexibility index (Phi) is 2.56. The lowest BCUT2D eigenvalue weighted by molar-refractivity contribution is 0.0969. The molecule has 1 N–H and O–H groups in total. The molecule has 0 spiro atoms. The molecule has 3 heterocycles. The lowest BCUT2D eigenvalue weighted by Crippen LogP contribution is -2.54. The van der Waals surface area contributed by atoms with Crippen molar-refractivity contribution in [1.82, 2.24) is 9.88 Å². The second kappa shape index (κ2) is 3.96. The normalized spacial score (nSPS) is 28.4. The van der Waals surface area contributed by atoms with Crippen molar-refractivity contribution in [1.29, 1.82) is 0 Å². The van der Waals surface area contributed by atoms with Crippen LogP contribution in [0.15, 0.2) is 18.3 Å². The minimum atomic E-state index is -0.389. The van der Waals surface area contributed by atoms with Gasteiger partial charge in [-0.3, -0.25) is 4.90 Å². The molecule has 1 aromatic heterocycles. The summed E-state index contributed by atoms with van der Waals surface area (Å²) < 4.78 is 0. The number of nitrogens with zero attached hydrogens (tertiary/aromatic N) is 3. The third-order valence-electron chi connectivity index (χ3n) is 3.95. The molecule has 0 radical (unpaired) electrons. The fraction of sp³-hybridized carbons (Fsp3) is 0.615. The molecular formula is C13H19N3O. The van der Waals surface area contributed by atoms with Gasteiger partial charge in [-0.1, -0.05) is 6.07 Å². The van der Waals surface area contributed by atoms with Crippen LogP contribution >= 0.6 is 0 Å². The van der Waals surface area contributed by atoms with Gasteiger partial charge in [0.05, 0.1) is 6.04 Å². The molecule has 17 heavy (non-hydrogen) atoms. The number of fused-ring (bicyclic) bond motifs is 3. The maximum atomic E-state index is 10.4. The van der Waals surface area contributed by atoms with Gasteiger partial charge in [-0.15, -0.1) is 0 Å². The lowest BCUT2D eigenvalue weighted by Gasteiger charge is -2.41. The molecule has 0 saturated carbocycles. The van der Waals surface area contributed by atoms with E-state index >= 15 is 0 Å². The maximum Gasteiger partial charge on any atom is 0.134 e. The highest BCUT2D eigenvalue weighted by Crippen LogP contribution is 2.39. The van der Waals surface area contributed by atoms with Crippen LogP contribution in [0.3, 0.4) is 0 Å². The highest BCUT2D eigenvalue weighted by Gasteiger charge is 2.41. The molecule has 1 fully saturated rings. The summed E-state index contributed by atoms with van der Waals surface area (Å²) in [7, 11) is 0. The van der Waals surface area contributed by atoms with Gasteiger partial charge in [0.1, 0.15) is 11.9 Å². The molecule has 2 atom stereocenters. The summed E-state index contributed by atoms with van der Waals surface area (Å²) in [5, 5.41) is 10.4. The number of piperazine rings is 1. The zero-order valence-corrected chi connectivity index (χ0v) is 10.4. The Morgan fingerprint density at radius 1 is 1.41 bits per heavy atom. The molecule has 4 nitrogen and oxygen atoms in total. The van der Waals surface area contributed by atoms with E-state index in [0.717, 1.165) is 31.0 Å². The molecule has 3 rings (SSSR count). The van der Waals surface area contributed by atoms with Crippen LogP contribution in [0.2, 0.25) is 0 Å². The van der Waals surface area contributed by atoms with E-state index in [9.17, 15) is 5.11 Å². The molecule has 2 aliphatic rings. The molecule has 2 aliphatic heterocycles. The first-order valence-corrected chi connectivity index (χ1v) is 6.32. The first-order valence-electron chi connectivity index (χ1n) is 6.32. The van der Waals surface area contributed by atoms with E-state index in [1.54, 1.807) is 0 Å². The van der Waals surface area contributed by atoms with Crippen LogP contribution in [-0.2, 0) is 0 Å². The summed E-state index contributed by atoms with van der Waals surface area (Å²) in [6, 6.07) is 4.61. The van der Waals surface area contributed by atoms with E-state index < -0.39 is 0 Å². The van der Waals surface area contributed by atoms with Gasteiger partial charge in [0.2, 0.25) is 0 Å². The predicted octanol–water partition coefficient (Wildman–Crippen LogP) is 1.03. The standard InChI is InChI=1S/C13H19N3O/c1-9(2)15-6-7-16-11(8-15)12(17)10-4-3-5-14-13(10)16/h3-5,9,11-12,17H,6-8H2,1-2H3. The molecule has 0 aromatic carbocycles. The van der Waals surface area contributed by atoms with E-state index in [4.69, 9.17) is 0 Å². The number of rotatable bonds is 1. The Labute approximate surface area is 102 Å². The van der Waals surface area contributed by atoms with Crippen LogP contribution in [0.5, 0.6) is 0 Å². The number of aliphatic hydroxyl groups is 1. The van der Waals surface area contributed by atoms with E-state index in [0.29, 0.717) is 6.04 Å². The molecule has 1 aromatic rings. The van der Waals surface area contributed by atoms with Gasteiger partial charge in [0.15, 0.2) is 0 Å². The monoisotopic (exact) mass is 233 g/mol.